The van der Waals surface area contributed by atoms with E-state index in [0.717, 1.165) is 25.7 Å². The van der Waals surface area contributed by atoms with Gasteiger partial charge in [-0.05, 0) is 61.6 Å². The number of aromatic nitrogens is 2. The van der Waals surface area contributed by atoms with Crippen LogP contribution < -0.4 is 11.1 Å². The first-order valence-corrected chi connectivity index (χ1v) is 12.7. The number of benzene rings is 1. The van der Waals surface area contributed by atoms with E-state index in [2.05, 4.69) is 10.4 Å². The Labute approximate surface area is 186 Å². The van der Waals surface area contributed by atoms with E-state index in [4.69, 9.17) is 17.3 Å². The first-order valence-electron chi connectivity index (χ1n) is 10.3. The molecular formula is C21H26ClFN4O3S. The molecule has 0 radical (unpaired) electrons. The fourth-order valence-corrected chi connectivity index (χ4v) is 6.68. The molecule has 3 N–H and O–H groups in total. The van der Waals surface area contributed by atoms with E-state index < -0.39 is 21.6 Å². The lowest BCUT2D eigenvalue weighted by Crippen LogP contribution is -2.17. The highest BCUT2D eigenvalue weighted by Gasteiger charge is 2.44. The second kappa shape index (κ2) is 8.09. The van der Waals surface area contributed by atoms with Crippen LogP contribution in [-0.2, 0) is 16.9 Å². The van der Waals surface area contributed by atoms with Crippen LogP contribution in [0.5, 0.6) is 0 Å². The molecule has 0 spiro atoms. The number of fused-ring (bicyclic) bond motifs is 1. The maximum absolute atomic E-state index is 13.4. The number of anilines is 2. The topological polar surface area (TPSA) is 107 Å². The molecule has 2 fully saturated rings. The van der Waals surface area contributed by atoms with Gasteiger partial charge in [-0.3, -0.25) is 9.48 Å². The van der Waals surface area contributed by atoms with Crippen LogP contribution in [0.25, 0.3) is 0 Å². The van der Waals surface area contributed by atoms with E-state index in [1.165, 1.54) is 29.1 Å². The number of hydrogen-bond acceptors (Lipinski definition) is 5. The molecule has 7 nitrogen and oxygen atoms in total. The molecule has 0 aliphatic heterocycles. The number of hydrogen-bond donors (Lipinski definition) is 2. The minimum absolute atomic E-state index is 0.0792. The predicted molar refractivity (Wildman–Crippen MR) is 118 cm³/mol. The minimum Gasteiger partial charge on any atom is -0.383 e. The Bertz CT molecular complexity index is 1120. The van der Waals surface area contributed by atoms with Crippen molar-refractivity contribution < 1.29 is 17.6 Å². The highest BCUT2D eigenvalue weighted by atomic mass is 35.5. The van der Waals surface area contributed by atoms with Gasteiger partial charge in [0.05, 0.1) is 16.5 Å². The molecule has 31 heavy (non-hydrogen) atoms. The van der Waals surface area contributed by atoms with Crippen LogP contribution in [0.2, 0.25) is 5.02 Å². The number of sulfone groups is 1. The summed E-state index contributed by atoms with van der Waals surface area (Å²) in [5.41, 5.74) is 7.55. The summed E-state index contributed by atoms with van der Waals surface area (Å²) in [6, 6.07) is 3.98. The normalized spacial score (nSPS) is 25.5. The third kappa shape index (κ3) is 4.57. The molecule has 2 aliphatic carbocycles. The van der Waals surface area contributed by atoms with Crippen molar-refractivity contribution in [1.82, 2.24) is 9.78 Å². The van der Waals surface area contributed by atoms with Gasteiger partial charge >= 0.3 is 0 Å². The fourth-order valence-electron chi connectivity index (χ4n) is 5.37. The molecule has 4 rings (SSSR count). The molecule has 0 bridgehead atoms. The molecule has 2 saturated carbocycles. The third-order valence-corrected chi connectivity index (χ3v) is 7.93. The molecule has 2 unspecified atom stereocenters. The number of nitrogens with zero attached hydrogens (tertiary/aromatic N) is 2. The number of rotatable bonds is 5. The molecule has 2 aromatic rings. The van der Waals surface area contributed by atoms with Crippen molar-refractivity contribution in [2.45, 2.75) is 31.6 Å². The van der Waals surface area contributed by atoms with Crippen LogP contribution in [0.15, 0.2) is 18.2 Å². The van der Waals surface area contributed by atoms with Gasteiger partial charge in [-0.25, -0.2) is 12.8 Å². The lowest BCUT2D eigenvalue weighted by Gasteiger charge is -2.14. The second-order valence-electron chi connectivity index (χ2n) is 8.97. The van der Waals surface area contributed by atoms with E-state index >= 15 is 0 Å². The van der Waals surface area contributed by atoms with Gasteiger partial charge in [0, 0.05) is 24.9 Å². The summed E-state index contributed by atoms with van der Waals surface area (Å²) < 4.78 is 38.2. The van der Waals surface area contributed by atoms with Crippen LogP contribution in [-0.4, -0.2) is 36.1 Å². The summed E-state index contributed by atoms with van der Waals surface area (Å²) in [7, 11) is -1.28. The zero-order valence-electron chi connectivity index (χ0n) is 17.4. The van der Waals surface area contributed by atoms with Gasteiger partial charge in [0.25, 0.3) is 5.91 Å². The van der Waals surface area contributed by atoms with Crippen molar-refractivity contribution in [1.29, 1.82) is 0 Å². The van der Waals surface area contributed by atoms with Gasteiger partial charge in [0.1, 0.15) is 27.0 Å². The summed E-state index contributed by atoms with van der Waals surface area (Å²) in [5.74, 6) is 0.727. The number of nitrogens with one attached hydrogen (secondary N) is 1. The monoisotopic (exact) mass is 468 g/mol. The largest absolute Gasteiger partial charge is 0.383 e. The molecule has 2 atom stereocenters. The number of nitrogen functional groups attached to an aromatic ring is 1. The number of aryl methyl sites for hydroxylation is 1. The summed E-state index contributed by atoms with van der Waals surface area (Å²) >= 11 is 5.81. The van der Waals surface area contributed by atoms with Crippen LogP contribution in [0.1, 0.15) is 47.7 Å². The maximum Gasteiger partial charge on any atom is 0.261 e. The average molecular weight is 469 g/mol. The summed E-state index contributed by atoms with van der Waals surface area (Å²) in [6.45, 7) is 0. The minimum atomic E-state index is -2.98. The Kier molecular flexibility index (Phi) is 5.76. The van der Waals surface area contributed by atoms with Gasteiger partial charge in [0.2, 0.25) is 0 Å². The average Bonchev–Trinajstić information content (AvgIpc) is 3.28. The molecule has 1 aromatic heterocycles. The van der Waals surface area contributed by atoms with Crippen molar-refractivity contribution in [3.63, 3.8) is 0 Å². The second-order valence-corrected chi connectivity index (χ2v) is 11.6. The summed E-state index contributed by atoms with van der Waals surface area (Å²) in [6.07, 6.45) is 4.81. The van der Waals surface area contributed by atoms with Gasteiger partial charge in [-0.15, -0.1) is 0 Å². The standard InChI is InChI=1S/C21H26ClFN4O3S/c1-27-20(24)18(21(28)25-15-3-4-17(23)16(22)9-15)19(26-27)14-7-12-5-11(6-13(12)8-14)10-31(2,29)30/h3-4,9,11-14H,5-8,10,24H2,1-2H3,(H,25,28). The quantitative estimate of drug-likeness (QED) is 0.697. The Morgan fingerprint density at radius 1 is 1.29 bits per heavy atom. The fraction of sp³-hybridized carbons (Fsp3) is 0.524. The third-order valence-electron chi connectivity index (χ3n) is 6.56. The molecule has 0 saturated heterocycles. The number of halogens is 2. The first-order chi connectivity index (χ1) is 14.5. The number of carbonyl (C=O) groups excluding carboxylic acids is 1. The van der Waals surface area contributed by atoms with Crippen molar-refractivity contribution in [2.75, 3.05) is 23.1 Å². The van der Waals surface area contributed by atoms with E-state index in [0.29, 0.717) is 28.8 Å². The number of amides is 1. The van der Waals surface area contributed by atoms with Gasteiger partial charge in [0.15, 0.2) is 0 Å². The lowest BCUT2D eigenvalue weighted by atomic mass is 9.94. The molecule has 10 heteroatoms. The van der Waals surface area contributed by atoms with E-state index in [-0.39, 0.29) is 28.4 Å². The van der Waals surface area contributed by atoms with Crippen molar-refractivity contribution in [3.05, 3.63) is 40.3 Å². The summed E-state index contributed by atoms with van der Waals surface area (Å²) in [4.78, 5) is 13.0. The first kappa shape index (κ1) is 22.1. The molecule has 168 valence electrons. The highest BCUT2D eigenvalue weighted by Crippen LogP contribution is 2.53. The number of nitrogens with two attached hydrogens (primary N) is 1. The summed E-state index contributed by atoms with van der Waals surface area (Å²) in [5, 5.41) is 7.20. The van der Waals surface area contributed by atoms with Crippen LogP contribution in [0.3, 0.4) is 0 Å². The van der Waals surface area contributed by atoms with E-state index in [1.54, 1.807) is 7.05 Å². The Morgan fingerprint density at radius 2 is 1.94 bits per heavy atom. The van der Waals surface area contributed by atoms with Gasteiger partial charge in [-0.1, -0.05) is 11.6 Å². The highest BCUT2D eigenvalue weighted by molar-refractivity contribution is 7.90. The van der Waals surface area contributed by atoms with Crippen LogP contribution in [0, 0.1) is 23.6 Å². The zero-order chi connectivity index (χ0) is 22.5. The smallest absolute Gasteiger partial charge is 0.261 e. The molecule has 2 aliphatic rings. The predicted octanol–water partition coefficient (Wildman–Crippen LogP) is 3.61. The van der Waals surface area contributed by atoms with Gasteiger partial charge in [-0.2, -0.15) is 5.10 Å². The molecule has 1 aromatic carbocycles. The van der Waals surface area contributed by atoms with Gasteiger partial charge < -0.3 is 11.1 Å². The van der Waals surface area contributed by atoms with Crippen LogP contribution >= 0.6 is 11.6 Å². The van der Waals surface area contributed by atoms with Crippen molar-refractivity contribution in [2.24, 2.45) is 24.8 Å². The zero-order valence-corrected chi connectivity index (χ0v) is 19.0. The molecule has 1 amide bonds. The van der Waals surface area contributed by atoms with Crippen molar-refractivity contribution in [3.8, 4) is 0 Å². The van der Waals surface area contributed by atoms with Crippen molar-refractivity contribution >= 4 is 38.9 Å². The molecular weight excluding hydrogens is 443 g/mol. The Hall–Kier alpha value is -2.13. The number of carbonyl (C=O) groups is 1. The Morgan fingerprint density at radius 3 is 2.52 bits per heavy atom. The Balaban J connectivity index is 1.51. The van der Waals surface area contributed by atoms with E-state index in [1.807, 2.05) is 0 Å². The van der Waals surface area contributed by atoms with E-state index in [9.17, 15) is 17.6 Å². The molecule has 1 heterocycles. The SMILES string of the molecule is Cn1nc(C2CC3CC(CS(C)(=O)=O)CC3C2)c(C(=O)Nc2ccc(F)c(Cl)c2)c1N. The van der Waals surface area contributed by atoms with Crippen LogP contribution in [0.4, 0.5) is 15.9 Å². The maximum atomic E-state index is 13.4. The lowest BCUT2D eigenvalue weighted by molar-refractivity contribution is 0.102.